The Morgan fingerprint density at radius 1 is 1.24 bits per heavy atom. The van der Waals surface area contributed by atoms with Crippen LogP contribution in [0.3, 0.4) is 0 Å². The van der Waals surface area contributed by atoms with Gasteiger partial charge in [0.1, 0.15) is 22.2 Å². The Hall–Kier alpha value is -2.71. The van der Waals surface area contributed by atoms with Crippen molar-refractivity contribution in [1.82, 2.24) is 19.9 Å². The van der Waals surface area contributed by atoms with E-state index in [4.69, 9.17) is 16.3 Å². The summed E-state index contributed by atoms with van der Waals surface area (Å²) < 4.78 is 5.35. The quantitative estimate of drug-likeness (QED) is 0.691. The molecule has 128 valence electrons. The van der Waals surface area contributed by atoms with Gasteiger partial charge in [-0.15, -0.1) is 0 Å². The van der Waals surface area contributed by atoms with Crippen molar-refractivity contribution in [2.24, 2.45) is 0 Å². The molecule has 1 fully saturated rings. The van der Waals surface area contributed by atoms with Gasteiger partial charge in [-0.05, 0) is 12.1 Å². The van der Waals surface area contributed by atoms with E-state index in [-0.39, 0.29) is 10.7 Å². The molecule has 25 heavy (non-hydrogen) atoms. The molecule has 9 heteroatoms. The van der Waals surface area contributed by atoms with Crippen molar-refractivity contribution in [3.63, 3.8) is 0 Å². The molecule has 3 aromatic rings. The van der Waals surface area contributed by atoms with Crippen LogP contribution in [0.15, 0.2) is 35.5 Å². The van der Waals surface area contributed by atoms with Gasteiger partial charge in [0.15, 0.2) is 0 Å². The first-order valence-corrected chi connectivity index (χ1v) is 8.18. The van der Waals surface area contributed by atoms with Crippen LogP contribution in [0.25, 0.3) is 10.9 Å². The largest absolute Gasteiger partial charge is 0.378 e. The Balaban J connectivity index is 1.64. The van der Waals surface area contributed by atoms with Gasteiger partial charge in [0.2, 0.25) is 0 Å². The number of aromatic amines is 1. The van der Waals surface area contributed by atoms with Crippen LogP contribution in [0.2, 0.25) is 5.15 Å². The number of aromatic nitrogens is 4. The molecule has 8 nitrogen and oxygen atoms in total. The van der Waals surface area contributed by atoms with Gasteiger partial charge in [0.25, 0.3) is 5.56 Å². The van der Waals surface area contributed by atoms with E-state index >= 15 is 0 Å². The smallest absolute Gasteiger partial charge is 0.262 e. The van der Waals surface area contributed by atoms with E-state index in [9.17, 15) is 4.79 Å². The molecule has 2 N–H and O–H groups in total. The Morgan fingerprint density at radius 3 is 2.84 bits per heavy atom. The van der Waals surface area contributed by atoms with Gasteiger partial charge in [-0.1, -0.05) is 11.6 Å². The highest BCUT2D eigenvalue weighted by Gasteiger charge is 2.13. The summed E-state index contributed by atoms with van der Waals surface area (Å²) in [6.45, 7) is 3.05. The molecule has 1 aliphatic heterocycles. The monoisotopic (exact) mass is 358 g/mol. The topological polar surface area (TPSA) is 96.0 Å². The predicted octanol–water partition coefficient (Wildman–Crippen LogP) is 1.95. The number of H-pyrrole nitrogens is 1. The summed E-state index contributed by atoms with van der Waals surface area (Å²) >= 11 is 6.03. The summed E-state index contributed by atoms with van der Waals surface area (Å²) in [5.41, 5.74) is 0.898. The van der Waals surface area contributed by atoms with E-state index in [0.717, 1.165) is 18.9 Å². The number of pyridine rings is 2. The molecule has 0 spiro atoms. The predicted molar refractivity (Wildman–Crippen MR) is 95.7 cm³/mol. The third-order valence-electron chi connectivity index (χ3n) is 3.94. The maximum atomic E-state index is 12.1. The molecule has 0 bridgehead atoms. The van der Waals surface area contributed by atoms with Crippen LogP contribution in [0.4, 0.5) is 17.3 Å². The van der Waals surface area contributed by atoms with Gasteiger partial charge in [-0.2, -0.15) is 0 Å². The number of morpholine rings is 1. The van der Waals surface area contributed by atoms with E-state index in [1.807, 2.05) is 12.1 Å². The van der Waals surface area contributed by atoms with Crippen LogP contribution in [0.5, 0.6) is 0 Å². The first-order chi connectivity index (χ1) is 12.2. The van der Waals surface area contributed by atoms with E-state index in [0.29, 0.717) is 35.6 Å². The second-order valence-corrected chi connectivity index (χ2v) is 5.94. The van der Waals surface area contributed by atoms with Gasteiger partial charge in [-0.3, -0.25) is 4.79 Å². The van der Waals surface area contributed by atoms with E-state index in [1.165, 1.54) is 6.33 Å². The molecule has 0 atom stereocenters. The lowest BCUT2D eigenvalue weighted by Gasteiger charge is -2.27. The lowest BCUT2D eigenvalue weighted by Crippen LogP contribution is -2.36. The van der Waals surface area contributed by atoms with E-state index < -0.39 is 0 Å². The number of fused-ring (bicyclic) bond motifs is 1. The normalized spacial score (nSPS) is 14.7. The van der Waals surface area contributed by atoms with Gasteiger partial charge in [-0.25, -0.2) is 15.0 Å². The Bertz CT molecular complexity index is 953. The van der Waals surface area contributed by atoms with Crippen molar-refractivity contribution in [2.75, 3.05) is 36.5 Å². The fraction of sp³-hybridized carbons (Fsp3) is 0.250. The second-order valence-electron chi connectivity index (χ2n) is 5.55. The lowest BCUT2D eigenvalue weighted by molar-refractivity contribution is 0.122. The van der Waals surface area contributed by atoms with Gasteiger partial charge in [0, 0.05) is 19.2 Å². The summed E-state index contributed by atoms with van der Waals surface area (Å²) in [5.74, 6) is 1.23. The van der Waals surface area contributed by atoms with Crippen LogP contribution in [0.1, 0.15) is 0 Å². The van der Waals surface area contributed by atoms with Crippen molar-refractivity contribution in [3.8, 4) is 0 Å². The number of halogens is 1. The Kier molecular flexibility index (Phi) is 4.21. The van der Waals surface area contributed by atoms with Gasteiger partial charge in [0.05, 0.1) is 36.9 Å². The number of anilines is 3. The van der Waals surface area contributed by atoms with E-state index in [2.05, 4.69) is 30.2 Å². The number of hydrogen-bond donors (Lipinski definition) is 2. The third-order valence-corrected chi connectivity index (χ3v) is 4.13. The summed E-state index contributed by atoms with van der Waals surface area (Å²) in [5, 5.41) is 3.70. The molecule has 3 aromatic heterocycles. The van der Waals surface area contributed by atoms with Crippen LogP contribution >= 0.6 is 11.6 Å². The van der Waals surface area contributed by atoms with Crippen molar-refractivity contribution < 1.29 is 4.74 Å². The summed E-state index contributed by atoms with van der Waals surface area (Å²) in [4.78, 5) is 29.6. The average molecular weight is 359 g/mol. The van der Waals surface area contributed by atoms with Crippen LogP contribution in [-0.2, 0) is 4.74 Å². The molecule has 1 saturated heterocycles. The highest BCUT2D eigenvalue weighted by molar-refractivity contribution is 6.30. The molecule has 0 aliphatic carbocycles. The van der Waals surface area contributed by atoms with Crippen molar-refractivity contribution >= 4 is 39.8 Å². The fourth-order valence-corrected chi connectivity index (χ4v) is 2.91. The average Bonchev–Trinajstić information content (AvgIpc) is 2.63. The summed E-state index contributed by atoms with van der Waals surface area (Å²) in [7, 11) is 0. The van der Waals surface area contributed by atoms with Crippen molar-refractivity contribution in [2.45, 2.75) is 0 Å². The minimum absolute atomic E-state index is 0.256. The first kappa shape index (κ1) is 15.8. The summed E-state index contributed by atoms with van der Waals surface area (Å²) in [6.07, 6.45) is 3.03. The van der Waals surface area contributed by atoms with E-state index in [1.54, 1.807) is 12.3 Å². The Labute approximate surface area is 147 Å². The first-order valence-electron chi connectivity index (χ1n) is 7.80. The number of nitrogens with zero attached hydrogens (tertiary/aromatic N) is 4. The fourth-order valence-electron chi connectivity index (χ4n) is 2.73. The zero-order valence-corrected chi connectivity index (χ0v) is 14.0. The van der Waals surface area contributed by atoms with Gasteiger partial charge >= 0.3 is 0 Å². The van der Waals surface area contributed by atoms with Crippen molar-refractivity contribution in [1.29, 1.82) is 0 Å². The zero-order valence-electron chi connectivity index (χ0n) is 13.2. The number of rotatable bonds is 3. The van der Waals surface area contributed by atoms with Gasteiger partial charge < -0.3 is 19.9 Å². The highest BCUT2D eigenvalue weighted by atomic mass is 35.5. The Morgan fingerprint density at radius 2 is 2.08 bits per heavy atom. The zero-order chi connectivity index (χ0) is 17.2. The number of hydrogen-bond acceptors (Lipinski definition) is 7. The summed E-state index contributed by atoms with van der Waals surface area (Å²) in [6, 6.07) is 5.36. The number of ether oxygens (including phenoxy) is 1. The molecule has 0 unspecified atom stereocenters. The maximum absolute atomic E-state index is 12.1. The molecule has 0 amide bonds. The van der Waals surface area contributed by atoms with Crippen LogP contribution in [0, 0.1) is 0 Å². The SMILES string of the molecule is O=c1[nH]cnc2cc(Cl)nc(Nc3ccc(N4CCOCC4)nc3)c12. The molecular formula is C16H15ClN6O2. The molecule has 0 saturated carbocycles. The van der Waals surface area contributed by atoms with Crippen LogP contribution in [-0.4, -0.2) is 46.2 Å². The maximum Gasteiger partial charge on any atom is 0.262 e. The second kappa shape index (κ2) is 6.66. The molecule has 0 radical (unpaired) electrons. The lowest BCUT2D eigenvalue weighted by atomic mass is 10.2. The molecular weight excluding hydrogens is 344 g/mol. The molecule has 1 aliphatic rings. The minimum Gasteiger partial charge on any atom is -0.378 e. The number of nitrogens with one attached hydrogen (secondary N) is 2. The van der Waals surface area contributed by atoms with Crippen molar-refractivity contribution in [3.05, 3.63) is 46.2 Å². The van der Waals surface area contributed by atoms with Crippen LogP contribution < -0.4 is 15.8 Å². The third kappa shape index (κ3) is 3.26. The molecule has 0 aromatic carbocycles. The molecule has 4 heterocycles. The highest BCUT2D eigenvalue weighted by Crippen LogP contribution is 2.24. The standard InChI is InChI=1S/C16H15ClN6O2/c17-12-7-11-14(16(24)20-9-19-11)15(22-12)21-10-1-2-13(18-8-10)23-3-5-25-6-4-23/h1-2,7-9H,3-6H2,(H,21,22)(H,19,20,24). The minimum atomic E-state index is -0.283. The molecule has 4 rings (SSSR count).